The van der Waals surface area contributed by atoms with Gasteiger partial charge in [0, 0.05) is 26.2 Å². The molecule has 1 heterocycles. The van der Waals surface area contributed by atoms with E-state index in [1.165, 1.54) is 0 Å². The molecule has 0 unspecified atom stereocenters. The standard InChI is InChI=1S/C16H30N2O4/c1-15(2,3)11-21-13(19)17-7-9-18(10-8-17)14(20)22-12-16(4,5)6/h7-12H2,1-6H3. The molecule has 0 N–H and O–H groups in total. The number of ether oxygens (including phenoxy) is 2. The van der Waals surface area contributed by atoms with Gasteiger partial charge in [-0.25, -0.2) is 9.59 Å². The van der Waals surface area contributed by atoms with Crippen LogP contribution in [0.3, 0.4) is 0 Å². The first kappa shape index (κ1) is 18.6. The fraction of sp³-hybridized carbons (Fsp3) is 0.875. The first-order valence-corrected chi connectivity index (χ1v) is 7.81. The molecule has 0 bridgehead atoms. The van der Waals surface area contributed by atoms with Crippen molar-refractivity contribution in [1.29, 1.82) is 0 Å². The van der Waals surface area contributed by atoms with E-state index < -0.39 is 0 Å². The number of carbonyl (C=O) groups is 2. The number of carbonyl (C=O) groups excluding carboxylic acids is 2. The van der Waals surface area contributed by atoms with Gasteiger partial charge in [0.15, 0.2) is 0 Å². The number of piperazine rings is 1. The van der Waals surface area contributed by atoms with Gasteiger partial charge in [0.25, 0.3) is 0 Å². The Hall–Kier alpha value is -1.46. The van der Waals surface area contributed by atoms with Gasteiger partial charge < -0.3 is 19.3 Å². The predicted molar refractivity (Wildman–Crippen MR) is 84.8 cm³/mol. The number of hydrogen-bond acceptors (Lipinski definition) is 4. The monoisotopic (exact) mass is 314 g/mol. The summed E-state index contributed by atoms with van der Waals surface area (Å²) in [6, 6.07) is 0. The Labute approximate surface area is 133 Å². The summed E-state index contributed by atoms with van der Waals surface area (Å²) in [5.74, 6) is 0. The molecule has 0 spiro atoms. The van der Waals surface area contributed by atoms with Gasteiger partial charge in [-0.2, -0.15) is 0 Å². The van der Waals surface area contributed by atoms with E-state index in [0.29, 0.717) is 39.4 Å². The Balaban J connectivity index is 2.33. The summed E-state index contributed by atoms with van der Waals surface area (Å²) < 4.78 is 10.6. The molecule has 6 heteroatoms. The maximum atomic E-state index is 11.9. The summed E-state index contributed by atoms with van der Waals surface area (Å²) in [6.07, 6.45) is -0.615. The largest absolute Gasteiger partial charge is 0.449 e. The summed E-state index contributed by atoms with van der Waals surface area (Å²) in [6.45, 7) is 14.8. The second kappa shape index (κ2) is 7.20. The zero-order chi connectivity index (χ0) is 17.0. The van der Waals surface area contributed by atoms with Crippen LogP contribution in [0.4, 0.5) is 9.59 Å². The van der Waals surface area contributed by atoms with Crippen molar-refractivity contribution >= 4 is 12.2 Å². The van der Waals surface area contributed by atoms with Crippen LogP contribution in [0.2, 0.25) is 0 Å². The lowest BCUT2D eigenvalue weighted by Gasteiger charge is -2.34. The van der Waals surface area contributed by atoms with Crippen LogP contribution in [0.15, 0.2) is 0 Å². The first-order valence-electron chi connectivity index (χ1n) is 7.81. The molecule has 1 rings (SSSR count). The van der Waals surface area contributed by atoms with Crippen LogP contribution in [-0.2, 0) is 9.47 Å². The van der Waals surface area contributed by atoms with Gasteiger partial charge in [-0.1, -0.05) is 41.5 Å². The topological polar surface area (TPSA) is 59.1 Å². The molecule has 0 atom stereocenters. The van der Waals surface area contributed by atoms with Crippen molar-refractivity contribution in [2.24, 2.45) is 10.8 Å². The summed E-state index contributed by atoms with van der Waals surface area (Å²) >= 11 is 0. The molecule has 0 aliphatic carbocycles. The number of hydrogen-bond donors (Lipinski definition) is 0. The van der Waals surface area contributed by atoms with Gasteiger partial charge in [0.2, 0.25) is 0 Å². The molecular weight excluding hydrogens is 284 g/mol. The van der Waals surface area contributed by atoms with E-state index in [4.69, 9.17) is 9.47 Å². The van der Waals surface area contributed by atoms with Crippen molar-refractivity contribution in [3.8, 4) is 0 Å². The number of rotatable bonds is 2. The van der Waals surface area contributed by atoms with Crippen molar-refractivity contribution in [3.05, 3.63) is 0 Å². The van der Waals surface area contributed by atoms with Crippen molar-refractivity contribution in [1.82, 2.24) is 9.80 Å². The van der Waals surface area contributed by atoms with Crippen molar-refractivity contribution in [2.45, 2.75) is 41.5 Å². The van der Waals surface area contributed by atoms with E-state index in [0.717, 1.165) is 0 Å². The Morgan fingerprint density at radius 3 is 1.23 bits per heavy atom. The molecule has 0 radical (unpaired) electrons. The van der Waals surface area contributed by atoms with Gasteiger partial charge in [-0.05, 0) is 10.8 Å². The maximum absolute atomic E-state index is 11.9. The van der Waals surface area contributed by atoms with Crippen molar-refractivity contribution in [3.63, 3.8) is 0 Å². The third-order valence-electron chi connectivity index (χ3n) is 3.05. The Bertz CT molecular complexity index is 350. The second-order valence-electron chi connectivity index (χ2n) is 8.20. The normalized spacial score (nSPS) is 16.5. The molecule has 128 valence electrons. The molecule has 0 aromatic rings. The molecule has 6 nitrogen and oxygen atoms in total. The summed E-state index contributed by atoms with van der Waals surface area (Å²) in [4.78, 5) is 27.2. The van der Waals surface area contributed by atoms with E-state index >= 15 is 0 Å². The lowest BCUT2D eigenvalue weighted by Crippen LogP contribution is -2.51. The van der Waals surface area contributed by atoms with Crippen LogP contribution in [0, 0.1) is 10.8 Å². The molecule has 0 aromatic heterocycles. The molecular formula is C16H30N2O4. The lowest BCUT2D eigenvalue weighted by molar-refractivity contribution is 0.0396. The third kappa shape index (κ3) is 7.00. The van der Waals surface area contributed by atoms with Crippen LogP contribution in [0.5, 0.6) is 0 Å². The van der Waals surface area contributed by atoms with Gasteiger partial charge in [0.1, 0.15) is 0 Å². The Morgan fingerprint density at radius 1 is 0.727 bits per heavy atom. The minimum absolute atomic E-state index is 0.0474. The highest BCUT2D eigenvalue weighted by atomic mass is 16.6. The number of amides is 2. The molecule has 1 fully saturated rings. The summed E-state index contributed by atoms with van der Waals surface area (Å²) in [5.41, 5.74) is -0.0948. The van der Waals surface area contributed by atoms with Crippen LogP contribution < -0.4 is 0 Å². The van der Waals surface area contributed by atoms with Crippen LogP contribution in [0.1, 0.15) is 41.5 Å². The maximum Gasteiger partial charge on any atom is 0.409 e. The SMILES string of the molecule is CC(C)(C)COC(=O)N1CCN(C(=O)OCC(C)(C)C)CC1. The zero-order valence-electron chi connectivity index (χ0n) is 14.8. The second-order valence-corrected chi connectivity index (χ2v) is 8.20. The number of nitrogens with zero attached hydrogens (tertiary/aromatic N) is 2. The average molecular weight is 314 g/mol. The summed E-state index contributed by atoms with van der Waals surface area (Å²) in [5, 5.41) is 0. The van der Waals surface area contributed by atoms with Gasteiger partial charge >= 0.3 is 12.2 Å². The highest BCUT2D eigenvalue weighted by Gasteiger charge is 2.27. The molecule has 0 aromatic carbocycles. The minimum Gasteiger partial charge on any atom is -0.449 e. The quantitative estimate of drug-likeness (QED) is 0.786. The molecule has 0 saturated carbocycles. The molecule has 2 amide bonds. The fourth-order valence-corrected chi connectivity index (χ4v) is 1.81. The van der Waals surface area contributed by atoms with E-state index in [9.17, 15) is 9.59 Å². The van der Waals surface area contributed by atoms with Gasteiger partial charge in [0.05, 0.1) is 13.2 Å². The van der Waals surface area contributed by atoms with E-state index in [-0.39, 0.29) is 23.0 Å². The fourth-order valence-electron chi connectivity index (χ4n) is 1.81. The molecule has 1 aliphatic rings. The van der Waals surface area contributed by atoms with Crippen molar-refractivity contribution in [2.75, 3.05) is 39.4 Å². The van der Waals surface area contributed by atoms with Crippen LogP contribution in [0.25, 0.3) is 0 Å². The first-order chi connectivity index (χ1) is 9.98. The van der Waals surface area contributed by atoms with Gasteiger partial charge in [-0.3, -0.25) is 0 Å². The molecule has 1 aliphatic heterocycles. The zero-order valence-corrected chi connectivity index (χ0v) is 14.8. The predicted octanol–water partition coefficient (Wildman–Crippen LogP) is 2.97. The summed E-state index contributed by atoms with van der Waals surface area (Å²) in [7, 11) is 0. The Morgan fingerprint density at radius 2 is 1.00 bits per heavy atom. The van der Waals surface area contributed by atoms with Gasteiger partial charge in [-0.15, -0.1) is 0 Å². The van der Waals surface area contributed by atoms with E-state index in [1.54, 1.807) is 9.80 Å². The van der Waals surface area contributed by atoms with Crippen molar-refractivity contribution < 1.29 is 19.1 Å². The third-order valence-corrected chi connectivity index (χ3v) is 3.05. The Kier molecular flexibility index (Phi) is 6.08. The highest BCUT2D eigenvalue weighted by molar-refractivity contribution is 5.70. The van der Waals surface area contributed by atoms with E-state index in [2.05, 4.69) is 0 Å². The minimum atomic E-state index is -0.308. The smallest absolute Gasteiger partial charge is 0.409 e. The molecule has 22 heavy (non-hydrogen) atoms. The van der Waals surface area contributed by atoms with Crippen LogP contribution in [-0.4, -0.2) is 61.4 Å². The van der Waals surface area contributed by atoms with E-state index in [1.807, 2.05) is 41.5 Å². The highest BCUT2D eigenvalue weighted by Crippen LogP contribution is 2.16. The lowest BCUT2D eigenvalue weighted by atomic mass is 9.99. The average Bonchev–Trinajstić information content (AvgIpc) is 2.40. The van der Waals surface area contributed by atoms with Crippen LogP contribution >= 0.6 is 0 Å². The molecule has 1 saturated heterocycles.